The van der Waals surface area contributed by atoms with Crippen molar-refractivity contribution in [1.82, 2.24) is 9.21 Å². The summed E-state index contributed by atoms with van der Waals surface area (Å²) in [4.78, 5) is 12.9. The first-order valence-electron chi connectivity index (χ1n) is 7.09. The third-order valence-corrected chi connectivity index (χ3v) is 6.52. The number of hydrogen-bond donors (Lipinski definition) is 1. The Kier molecular flexibility index (Phi) is 4.32. The molecule has 1 unspecified atom stereocenters. The Morgan fingerprint density at radius 1 is 1.26 bits per heavy atom. The van der Waals surface area contributed by atoms with Crippen LogP contribution in [0.1, 0.15) is 6.92 Å². The van der Waals surface area contributed by atoms with Crippen LogP contribution in [0.2, 0.25) is 0 Å². The molecule has 1 fully saturated rings. The second-order valence-corrected chi connectivity index (χ2v) is 7.78. The summed E-state index contributed by atoms with van der Waals surface area (Å²) < 4.78 is 35.2. The zero-order valence-corrected chi connectivity index (χ0v) is 14.0. The van der Waals surface area contributed by atoms with Crippen LogP contribution in [0.4, 0.5) is 11.4 Å². The van der Waals surface area contributed by atoms with E-state index in [1.165, 1.54) is 10.4 Å². The first kappa shape index (κ1) is 16.2. The first-order valence-corrected chi connectivity index (χ1v) is 9.26. The molecule has 0 radical (unpaired) electrons. The molecule has 10 heteroatoms. The number of fused-ring (bicyclic) bond motifs is 1. The van der Waals surface area contributed by atoms with Crippen molar-refractivity contribution >= 4 is 38.7 Å². The number of rotatable bonds is 4. The van der Waals surface area contributed by atoms with Crippen LogP contribution in [-0.2, 0) is 26.2 Å². The highest BCUT2D eigenvalue weighted by molar-refractivity contribution is 7.89. The van der Waals surface area contributed by atoms with Crippen LogP contribution in [-0.4, -0.2) is 60.9 Å². The maximum absolute atomic E-state index is 12.8. The van der Waals surface area contributed by atoms with Crippen LogP contribution in [0.5, 0.6) is 0 Å². The minimum Gasteiger partial charge on any atom is -0.480 e. The Balaban J connectivity index is 1.80. The summed E-state index contributed by atoms with van der Waals surface area (Å²) in [5, 5.41) is 9.05. The largest absolute Gasteiger partial charge is 0.480 e. The average Bonchev–Trinajstić information content (AvgIpc) is 3.02. The van der Waals surface area contributed by atoms with E-state index in [2.05, 4.69) is 8.73 Å². The molecule has 1 aromatic rings. The van der Waals surface area contributed by atoms with E-state index in [-0.39, 0.29) is 18.0 Å². The Bertz CT molecular complexity index is 809. The van der Waals surface area contributed by atoms with Crippen molar-refractivity contribution in [3.05, 3.63) is 18.2 Å². The highest BCUT2D eigenvalue weighted by atomic mass is 32.2. The second-order valence-electron chi connectivity index (χ2n) is 5.34. The number of hydrogen-bond acceptors (Lipinski definition) is 6. The molecule has 2 heterocycles. The van der Waals surface area contributed by atoms with Crippen LogP contribution in [0.3, 0.4) is 0 Å². The fraction of sp³-hybridized carbons (Fsp3) is 0.462. The van der Waals surface area contributed by atoms with Crippen molar-refractivity contribution in [3.63, 3.8) is 0 Å². The molecule has 0 saturated carbocycles. The predicted octanol–water partition coefficient (Wildman–Crippen LogP) is 1.19. The maximum Gasteiger partial charge on any atom is 0.320 e. The van der Waals surface area contributed by atoms with Gasteiger partial charge >= 0.3 is 5.97 Å². The summed E-state index contributed by atoms with van der Waals surface area (Å²) in [5.74, 6) is -0.903. The van der Waals surface area contributed by atoms with E-state index in [1.807, 2.05) is 0 Å². The van der Waals surface area contributed by atoms with Gasteiger partial charge < -0.3 is 5.11 Å². The maximum atomic E-state index is 12.8. The molecule has 2 aliphatic heterocycles. The zero-order valence-electron chi connectivity index (χ0n) is 12.4. The lowest BCUT2D eigenvalue weighted by Gasteiger charge is -2.35. The van der Waals surface area contributed by atoms with Crippen LogP contribution < -0.4 is 0 Å². The molecule has 0 amide bonds. The highest BCUT2D eigenvalue weighted by Crippen LogP contribution is 2.38. The molecule has 1 N–H and O–H groups in total. The molecular formula is C13H16N4O4S2. The number of piperazine rings is 1. The van der Waals surface area contributed by atoms with Gasteiger partial charge in [-0.1, -0.05) is 6.07 Å². The van der Waals surface area contributed by atoms with Crippen LogP contribution in [0, 0.1) is 0 Å². The van der Waals surface area contributed by atoms with Gasteiger partial charge in [0.1, 0.15) is 22.3 Å². The molecule has 1 saturated heterocycles. The summed E-state index contributed by atoms with van der Waals surface area (Å²) >= 11 is 0.981. The smallest absolute Gasteiger partial charge is 0.320 e. The molecular weight excluding hydrogens is 340 g/mol. The molecule has 23 heavy (non-hydrogen) atoms. The van der Waals surface area contributed by atoms with Gasteiger partial charge in [0, 0.05) is 26.2 Å². The monoisotopic (exact) mass is 356 g/mol. The lowest BCUT2D eigenvalue weighted by Crippen LogP contribution is -2.53. The van der Waals surface area contributed by atoms with Crippen LogP contribution in [0.15, 0.2) is 31.8 Å². The fourth-order valence-electron chi connectivity index (χ4n) is 2.62. The summed E-state index contributed by atoms with van der Waals surface area (Å²) in [6.45, 7) is 2.89. The molecule has 124 valence electrons. The summed E-state index contributed by atoms with van der Waals surface area (Å²) in [6, 6.07) is 4.29. The molecule has 1 atom stereocenters. The average molecular weight is 356 g/mol. The standard InChI is InChI=1S/C13H16N4O4S2/c1-9(13(18)19)16-5-7-17(8-6-16)23(20,21)11-4-2-3-10-12(11)15-22-14-10/h2-4,9H,5-8H2,1H3,(H,18,19). The molecule has 0 aromatic heterocycles. The van der Waals surface area contributed by atoms with Gasteiger partial charge in [0.25, 0.3) is 0 Å². The molecule has 1 aromatic carbocycles. The van der Waals surface area contributed by atoms with Gasteiger partial charge in [-0.15, -0.1) is 0 Å². The minimum absolute atomic E-state index is 0.156. The normalized spacial score (nSPS) is 20.0. The number of nitrogens with zero attached hydrogens (tertiary/aromatic N) is 4. The van der Waals surface area contributed by atoms with E-state index in [1.54, 1.807) is 24.0 Å². The van der Waals surface area contributed by atoms with Gasteiger partial charge in [-0.2, -0.15) is 13.0 Å². The third kappa shape index (κ3) is 2.94. The third-order valence-electron chi connectivity index (χ3n) is 4.05. The number of sulfonamides is 1. The Hall–Kier alpha value is -1.62. The Morgan fingerprint density at radius 2 is 1.96 bits per heavy atom. The highest BCUT2D eigenvalue weighted by Gasteiger charge is 2.33. The van der Waals surface area contributed by atoms with Gasteiger partial charge in [-0.25, -0.2) is 8.42 Å². The quantitative estimate of drug-likeness (QED) is 0.886. The fourth-order valence-corrected chi connectivity index (χ4v) is 4.79. The first-order chi connectivity index (χ1) is 10.9. The minimum atomic E-state index is -3.66. The number of benzene rings is 1. The molecule has 3 rings (SSSR count). The van der Waals surface area contributed by atoms with Gasteiger partial charge in [0.2, 0.25) is 10.0 Å². The van der Waals surface area contributed by atoms with Crippen molar-refractivity contribution in [2.45, 2.75) is 17.9 Å². The molecule has 0 spiro atoms. The van der Waals surface area contributed by atoms with Crippen LogP contribution in [0.25, 0.3) is 0 Å². The lowest BCUT2D eigenvalue weighted by molar-refractivity contribution is -0.143. The van der Waals surface area contributed by atoms with Crippen molar-refractivity contribution in [1.29, 1.82) is 0 Å². The lowest BCUT2D eigenvalue weighted by atomic mass is 10.2. The van der Waals surface area contributed by atoms with E-state index in [9.17, 15) is 13.2 Å². The van der Waals surface area contributed by atoms with Crippen LogP contribution >= 0.6 is 0 Å². The van der Waals surface area contributed by atoms with Crippen molar-refractivity contribution in [2.75, 3.05) is 26.2 Å². The summed E-state index contributed by atoms with van der Waals surface area (Å²) in [7, 11) is -3.66. The number of carbonyl (C=O) groups is 1. The van der Waals surface area contributed by atoms with E-state index in [0.717, 1.165) is 11.4 Å². The van der Waals surface area contributed by atoms with Gasteiger partial charge in [-0.05, 0) is 19.1 Å². The second kappa shape index (κ2) is 6.11. The van der Waals surface area contributed by atoms with E-state index < -0.39 is 22.0 Å². The van der Waals surface area contributed by atoms with E-state index in [0.29, 0.717) is 24.5 Å². The van der Waals surface area contributed by atoms with Crippen molar-refractivity contribution in [3.8, 4) is 0 Å². The molecule has 8 nitrogen and oxygen atoms in total. The molecule has 0 bridgehead atoms. The molecule has 2 aliphatic rings. The Labute approximate surface area is 137 Å². The number of carboxylic acids is 1. The van der Waals surface area contributed by atoms with Crippen molar-refractivity contribution in [2.24, 2.45) is 8.73 Å². The van der Waals surface area contributed by atoms with Crippen molar-refractivity contribution < 1.29 is 18.3 Å². The Morgan fingerprint density at radius 3 is 2.61 bits per heavy atom. The van der Waals surface area contributed by atoms with E-state index >= 15 is 0 Å². The topological polar surface area (TPSA) is 103 Å². The molecule has 0 aliphatic carbocycles. The predicted molar refractivity (Wildman–Crippen MR) is 85.4 cm³/mol. The number of aliphatic carboxylic acids is 1. The summed E-state index contributed by atoms with van der Waals surface area (Å²) in [6.07, 6.45) is 0. The summed E-state index contributed by atoms with van der Waals surface area (Å²) in [5.41, 5.74) is 0.952. The van der Waals surface area contributed by atoms with Gasteiger partial charge in [0.15, 0.2) is 0 Å². The van der Waals surface area contributed by atoms with E-state index in [4.69, 9.17) is 5.11 Å². The zero-order chi connectivity index (χ0) is 16.6. The SMILES string of the molecule is CC(C(=O)O)N1CCN(S(=O)(=O)c2cccc3c2N=S=N3)CC1. The van der Waals surface area contributed by atoms with Gasteiger partial charge in [-0.3, -0.25) is 9.69 Å². The number of carboxylic acid groups (broad SMARTS) is 1. The van der Waals surface area contributed by atoms with Gasteiger partial charge in [0.05, 0.1) is 11.4 Å².